The van der Waals surface area contributed by atoms with Crippen LogP contribution in [0.3, 0.4) is 0 Å². The fourth-order valence-corrected chi connectivity index (χ4v) is 2.22. The molecule has 1 fully saturated rings. The second-order valence-electron chi connectivity index (χ2n) is 2.82. The van der Waals surface area contributed by atoms with Crippen LogP contribution in [0, 0.1) is 0 Å². The third-order valence-electron chi connectivity index (χ3n) is 1.81. The molecule has 0 atom stereocenters. The van der Waals surface area contributed by atoms with Gasteiger partial charge in [0.05, 0.1) is 12.2 Å². The largest absolute Gasteiger partial charge is 0.277 e. The number of allylic oxidation sites excluding steroid dienone is 1. The minimum absolute atomic E-state index is 0.291. The number of hydrogen-bond acceptors (Lipinski definition) is 4. The molecule has 3 nitrogen and oxygen atoms in total. The normalized spacial score (nSPS) is 19.4. The SMILES string of the molecule is C=N/C(=C\C=N/CCl)CN1CCCS1. The first-order chi connectivity index (χ1) is 6.86. The predicted octanol–water partition coefficient (Wildman–Crippen LogP) is 2.19. The minimum Gasteiger partial charge on any atom is -0.277 e. The van der Waals surface area contributed by atoms with Gasteiger partial charge in [0.15, 0.2) is 0 Å². The summed E-state index contributed by atoms with van der Waals surface area (Å²) in [5.41, 5.74) is 0.938. The summed E-state index contributed by atoms with van der Waals surface area (Å²) in [6.45, 7) is 5.50. The summed E-state index contributed by atoms with van der Waals surface area (Å²) in [7, 11) is 0. The summed E-state index contributed by atoms with van der Waals surface area (Å²) < 4.78 is 2.29. The highest BCUT2D eigenvalue weighted by atomic mass is 35.5. The molecule has 0 bridgehead atoms. The van der Waals surface area contributed by atoms with Gasteiger partial charge in [0.1, 0.15) is 6.00 Å². The Labute approximate surface area is 94.1 Å². The molecule has 1 saturated heterocycles. The summed E-state index contributed by atoms with van der Waals surface area (Å²) in [6.07, 6.45) is 4.79. The number of rotatable bonds is 5. The number of alkyl halides is 1. The Morgan fingerprint density at radius 1 is 1.64 bits per heavy atom. The van der Waals surface area contributed by atoms with Gasteiger partial charge >= 0.3 is 0 Å². The summed E-state index contributed by atoms with van der Waals surface area (Å²) in [5.74, 6) is 1.21. The van der Waals surface area contributed by atoms with Crippen molar-refractivity contribution in [2.24, 2.45) is 9.98 Å². The standard InChI is InChI=1S/C9H14ClN3S/c1-11-9(3-4-12-8-10)7-13-5-2-6-14-13/h3-4H,1-2,5-8H2/b9-3-,12-4-. The molecule has 78 valence electrons. The average Bonchev–Trinajstić information content (AvgIpc) is 2.69. The van der Waals surface area contributed by atoms with Crippen molar-refractivity contribution < 1.29 is 0 Å². The van der Waals surface area contributed by atoms with Crippen LogP contribution in [0.15, 0.2) is 21.8 Å². The molecule has 0 spiro atoms. The van der Waals surface area contributed by atoms with Crippen LogP contribution in [0.2, 0.25) is 0 Å². The monoisotopic (exact) mass is 231 g/mol. The van der Waals surface area contributed by atoms with Crippen LogP contribution in [0.25, 0.3) is 0 Å². The lowest BCUT2D eigenvalue weighted by molar-refractivity contribution is 0.534. The van der Waals surface area contributed by atoms with Gasteiger partial charge in [0, 0.05) is 18.5 Å². The molecular formula is C9H14ClN3S. The number of hydrogen-bond donors (Lipinski definition) is 0. The van der Waals surface area contributed by atoms with E-state index in [-0.39, 0.29) is 0 Å². The van der Waals surface area contributed by atoms with E-state index in [0.717, 1.165) is 18.8 Å². The first-order valence-corrected chi connectivity index (χ1v) is 5.94. The van der Waals surface area contributed by atoms with E-state index in [0.29, 0.717) is 6.00 Å². The van der Waals surface area contributed by atoms with Gasteiger partial charge in [0.25, 0.3) is 0 Å². The molecule has 0 amide bonds. The third kappa shape index (κ3) is 4.26. The lowest BCUT2D eigenvalue weighted by Gasteiger charge is -2.12. The average molecular weight is 232 g/mol. The summed E-state index contributed by atoms with van der Waals surface area (Å²) in [6, 6.07) is 0.291. The molecular weight excluding hydrogens is 218 g/mol. The Balaban J connectivity index is 2.40. The molecule has 5 heteroatoms. The Kier molecular flexibility index (Phi) is 5.91. The van der Waals surface area contributed by atoms with Gasteiger partial charge in [0.2, 0.25) is 0 Å². The summed E-state index contributed by atoms with van der Waals surface area (Å²) in [4.78, 5) is 7.83. The van der Waals surface area contributed by atoms with Gasteiger partial charge in [-0.3, -0.25) is 9.98 Å². The maximum absolute atomic E-state index is 5.41. The molecule has 1 heterocycles. The molecule has 1 rings (SSSR count). The molecule has 0 saturated carbocycles. The van der Waals surface area contributed by atoms with Crippen molar-refractivity contribution in [2.45, 2.75) is 6.42 Å². The second-order valence-corrected chi connectivity index (χ2v) is 4.24. The lowest BCUT2D eigenvalue weighted by atomic mass is 10.4. The van der Waals surface area contributed by atoms with Gasteiger partial charge in [-0.05, 0) is 19.2 Å². The Morgan fingerprint density at radius 3 is 3.07 bits per heavy atom. The number of nitrogens with zero attached hydrogens (tertiary/aromatic N) is 3. The summed E-state index contributed by atoms with van der Waals surface area (Å²) in [5, 5.41) is 0. The fourth-order valence-electron chi connectivity index (χ4n) is 1.14. The number of aliphatic imine (C=N–C) groups is 2. The maximum Gasteiger partial charge on any atom is 0.113 e. The van der Waals surface area contributed by atoms with E-state index in [1.54, 1.807) is 6.21 Å². The molecule has 1 aliphatic rings. The van der Waals surface area contributed by atoms with Crippen LogP contribution in [0.4, 0.5) is 0 Å². The van der Waals surface area contributed by atoms with Gasteiger partial charge in [-0.2, -0.15) is 0 Å². The molecule has 0 aromatic heterocycles. The van der Waals surface area contributed by atoms with Crippen molar-refractivity contribution in [2.75, 3.05) is 24.8 Å². The Morgan fingerprint density at radius 2 is 2.50 bits per heavy atom. The van der Waals surface area contributed by atoms with E-state index in [2.05, 4.69) is 21.0 Å². The third-order valence-corrected chi connectivity index (χ3v) is 3.09. The van der Waals surface area contributed by atoms with E-state index in [4.69, 9.17) is 11.6 Å². The van der Waals surface area contributed by atoms with Crippen molar-refractivity contribution in [1.29, 1.82) is 0 Å². The van der Waals surface area contributed by atoms with Gasteiger partial charge < -0.3 is 0 Å². The van der Waals surface area contributed by atoms with Crippen LogP contribution in [-0.2, 0) is 0 Å². The second kappa shape index (κ2) is 7.04. The molecule has 1 aliphatic heterocycles. The Bertz CT molecular complexity index is 234. The molecule has 0 unspecified atom stereocenters. The molecule has 0 aliphatic carbocycles. The lowest BCUT2D eigenvalue weighted by Crippen LogP contribution is -2.14. The highest BCUT2D eigenvalue weighted by Gasteiger charge is 2.12. The highest BCUT2D eigenvalue weighted by molar-refractivity contribution is 7.97. The van der Waals surface area contributed by atoms with Gasteiger partial charge in [-0.1, -0.05) is 11.9 Å². The number of halogens is 1. The smallest absolute Gasteiger partial charge is 0.113 e. The molecule has 0 aromatic carbocycles. The first kappa shape index (κ1) is 11.8. The van der Waals surface area contributed by atoms with Crippen LogP contribution in [0.5, 0.6) is 0 Å². The van der Waals surface area contributed by atoms with Crippen molar-refractivity contribution in [3.8, 4) is 0 Å². The van der Waals surface area contributed by atoms with E-state index in [1.807, 2.05) is 18.0 Å². The van der Waals surface area contributed by atoms with Gasteiger partial charge in [-0.15, -0.1) is 11.6 Å². The van der Waals surface area contributed by atoms with Crippen molar-refractivity contribution in [3.05, 3.63) is 11.8 Å². The van der Waals surface area contributed by atoms with Crippen molar-refractivity contribution in [3.63, 3.8) is 0 Å². The molecule has 14 heavy (non-hydrogen) atoms. The predicted molar refractivity (Wildman–Crippen MR) is 65.5 cm³/mol. The topological polar surface area (TPSA) is 28.0 Å². The molecule has 0 radical (unpaired) electrons. The van der Waals surface area contributed by atoms with Crippen LogP contribution in [0.1, 0.15) is 6.42 Å². The van der Waals surface area contributed by atoms with Crippen LogP contribution in [-0.4, -0.2) is 42.1 Å². The summed E-state index contributed by atoms with van der Waals surface area (Å²) >= 11 is 7.27. The highest BCUT2D eigenvalue weighted by Crippen LogP contribution is 2.20. The van der Waals surface area contributed by atoms with E-state index >= 15 is 0 Å². The van der Waals surface area contributed by atoms with Gasteiger partial charge in [-0.25, -0.2) is 4.31 Å². The zero-order valence-corrected chi connectivity index (χ0v) is 9.60. The van der Waals surface area contributed by atoms with E-state index < -0.39 is 0 Å². The Hall–Kier alpha value is -0.320. The minimum atomic E-state index is 0.291. The van der Waals surface area contributed by atoms with Crippen molar-refractivity contribution >= 4 is 36.5 Å². The van der Waals surface area contributed by atoms with Crippen LogP contribution >= 0.6 is 23.5 Å². The van der Waals surface area contributed by atoms with E-state index in [9.17, 15) is 0 Å². The van der Waals surface area contributed by atoms with Crippen LogP contribution < -0.4 is 0 Å². The van der Waals surface area contributed by atoms with Crippen molar-refractivity contribution in [1.82, 2.24) is 4.31 Å². The molecule has 0 aromatic rings. The zero-order chi connectivity index (χ0) is 10.2. The fraction of sp³-hybridized carbons (Fsp3) is 0.556. The zero-order valence-electron chi connectivity index (χ0n) is 8.03. The first-order valence-electron chi connectivity index (χ1n) is 4.46. The van der Waals surface area contributed by atoms with E-state index in [1.165, 1.54) is 12.2 Å². The maximum atomic E-state index is 5.41. The molecule has 0 N–H and O–H groups in total. The quantitative estimate of drug-likeness (QED) is 0.314.